The summed E-state index contributed by atoms with van der Waals surface area (Å²) in [7, 11) is 0. The lowest BCUT2D eigenvalue weighted by Gasteiger charge is -2.07. The zero-order chi connectivity index (χ0) is 15.6. The number of hydrogen-bond donors (Lipinski definition) is 2. The number of carbonyl (C=O) groups is 1. The first kappa shape index (κ1) is 14.2. The molecule has 1 aliphatic carbocycles. The van der Waals surface area contributed by atoms with Crippen LogP contribution >= 0.6 is 0 Å². The number of aromatic nitrogens is 3. The molecule has 1 amide bonds. The van der Waals surface area contributed by atoms with Gasteiger partial charge in [-0.15, -0.1) is 0 Å². The molecule has 120 valence electrons. The average molecular weight is 313 g/mol. The van der Waals surface area contributed by atoms with Gasteiger partial charge in [0, 0.05) is 24.3 Å². The molecule has 1 atom stereocenters. The molecule has 0 radical (unpaired) electrons. The zero-order valence-corrected chi connectivity index (χ0v) is 12.8. The summed E-state index contributed by atoms with van der Waals surface area (Å²) in [6.07, 6.45) is 6.83. The van der Waals surface area contributed by atoms with Gasteiger partial charge in [-0.05, 0) is 37.8 Å². The van der Waals surface area contributed by atoms with Crippen molar-refractivity contribution >= 4 is 11.7 Å². The molecule has 1 aliphatic heterocycles. The van der Waals surface area contributed by atoms with Crippen molar-refractivity contribution < 1.29 is 9.32 Å². The minimum Gasteiger partial charge on any atom is -0.367 e. The van der Waals surface area contributed by atoms with Crippen molar-refractivity contribution in [2.24, 2.45) is 0 Å². The topological polar surface area (TPSA) is 92.9 Å². The molecule has 0 spiro atoms. The maximum absolute atomic E-state index is 12.1. The standard InChI is InChI=1S/C16H19N5O2/c22-15-12(3-1-2-7-18-15)16-20-14(21-23-16)10-6-8-17-13(9-10)19-11-4-5-11/h6,8-9,11-12H,1-5,7H2,(H,17,19)(H,18,22). The first-order valence-electron chi connectivity index (χ1n) is 8.14. The molecule has 1 saturated heterocycles. The Morgan fingerprint density at radius 2 is 2.17 bits per heavy atom. The molecule has 1 unspecified atom stereocenters. The van der Waals surface area contributed by atoms with Crippen molar-refractivity contribution in [2.45, 2.75) is 44.1 Å². The van der Waals surface area contributed by atoms with Gasteiger partial charge in [-0.25, -0.2) is 4.98 Å². The van der Waals surface area contributed by atoms with Crippen LogP contribution in [0.5, 0.6) is 0 Å². The van der Waals surface area contributed by atoms with Gasteiger partial charge in [-0.3, -0.25) is 4.79 Å². The van der Waals surface area contributed by atoms with Crippen LogP contribution in [0.15, 0.2) is 22.9 Å². The van der Waals surface area contributed by atoms with E-state index in [9.17, 15) is 4.79 Å². The molecular formula is C16H19N5O2. The summed E-state index contributed by atoms with van der Waals surface area (Å²) in [5, 5.41) is 10.3. The number of hydrogen-bond acceptors (Lipinski definition) is 6. The van der Waals surface area contributed by atoms with E-state index in [0.29, 0.717) is 17.8 Å². The lowest BCUT2D eigenvalue weighted by Crippen LogP contribution is -2.27. The Hall–Kier alpha value is -2.44. The molecule has 2 N–H and O–H groups in total. The van der Waals surface area contributed by atoms with E-state index in [-0.39, 0.29) is 11.8 Å². The molecule has 0 aromatic carbocycles. The van der Waals surface area contributed by atoms with Crippen LogP contribution in [0.2, 0.25) is 0 Å². The van der Waals surface area contributed by atoms with E-state index in [1.165, 1.54) is 12.8 Å². The third kappa shape index (κ3) is 3.18. The maximum atomic E-state index is 12.1. The second kappa shape index (κ2) is 5.98. The van der Waals surface area contributed by atoms with E-state index in [2.05, 4.69) is 25.8 Å². The number of pyridine rings is 1. The first-order valence-corrected chi connectivity index (χ1v) is 8.14. The van der Waals surface area contributed by atoms with Crippen LogP contribution < -0.4 is 10.6 Å². The smallest absolute Gasteiger partial charge is 0.239 e. The van der Waals surface area contributed by atoms with E-state index in [0.717, 1.165) is 37.2 Å². The second-order valence-corrected chi connectivity index (χ2v) is 6.14. The lowest BCUT2D eigenvalue weighted by atomic mass is 10.0. The molecular weight excluding hydrogens is 294 g/mol. The molecule has 7 heteroatoms. The highest BCUT2D eigenvalue weighted by Gasteiger charge is 2.28. The Kier molecular flexibility index (Phi) is 3.69. The highest BCUT2D eigenvalue weighted by atomic mass is 16.5. The van der Waals surface area contributed by atoms with Gasteiger partial charge in [-0.2, -0.15) is 4.98 Å². The molecule has 23 heavy (non-hydrogen) atoms. The number of carbonyl (C=O) groups excluding carboxylic acids is 1. The van der Waals surface area contributed by atoms with E-state index >= 15 is 0 Å². The second-order valence-electron chi connectivity index (χ2n) is 6.14. The van der Waals surface area contributed by atoms with E-state index in [4.69, 9.17) is 4.52 Å². The monoisotopic (exact) mass is 313 g/mol. The fraction of sp³-hybridized carbons (Fsp3) is 0.500. The molecule has 2 aromatic heterocycles. The van der Waals surface area contributed by atoms with Crippen LogP contribution in [-0.2, 0) is 4.79 Å². The molecule has 2 fully saturated rings. The summed E-state index contributed by atoms with van der Waals surface area (Å²) in [5.41, 5.74) is 0.840. The molecule has 2 aliphatic rings. The summed E-state index contributed by atoms with van der Waals surface area (Å²) >= 11 is 0. The molecule has 1 saturated carbocycles. The average Bonchev–Trinajstić information content (AvgIpc) is 3.28. The van der Waals surface area contributed by atoms with Crippen LogP contribution in [0.25, 0.3) is 11.4 Å². The summed E-state index contributed by atoms with van der Waals surface area (Å²) in [4.78, 5) is 20.8. The largest absolute Gasteiger partial charge is 0.367 e. The summed E-state index contributed by atoms with van der Waals surface area (Å²) in [6, 6.07) is 4.30. The van der Waals surface area contributed by atoms with Gasteiger partial charge >= 0.3 is 0 Å². The molecule has 0 bridgehead atoms. The highest BCUT2D eigenvalue weighted by molar-refractivity contribution is 5.82. The van der Waals surface area contributed by atoms with Crippen LogP contribution in [0.4, 0.5) is 5.82 Å². The van der Waals surface area contributed by atoms with Gasteiger partial charge in [0.1, 0.15) is 11.7 Å². The predicted octanol–water partition coefficient (Wildman–Crippen LogP) is 2.09. The third-order valence-electron chi connectivity index (χ3n) is 4.22. The Morgan fingerprint density at radius 3 is 3.04 bits per heavy atom. The van der Waals surface area contributed by atoms with E-state index in [1.807, 2.05) is 12.1 Å². The first-order chi connectivity index (χ1) is 11.3. The van der Waals surface area contributed by atoms with Gasteiger partial charge in [0.2, 0.25) is 17.6 Å². The fourth-order valence-electron chi connectivity index (χ4n) is 2.75. The number of amides is 1. The van der Waals surface area contributed by atoms with Crippen LogP contribution in [0.1, 0.15) is 43.9 Å². The quantitative estimate of drug-likeness (QED) is 0.898. The van der Waals surface area contributed by atoms with Crippen molar-refractivity contribution in [3.63, 3.8) is 0 Å². The van der Waals surface area contributed by atoms with Gasteiger partial charge < -0.3 is 15.2 Å². The van der Waals surface area contributed by atoms with Crippen LogP contribution in [0, 0.1) is 0 Å². The Morgan fingerprint density at radius 1 is 1.26 bits per heavy atom. The van der Waals surface area contributed by atoms with E-state index < -0.39 is 0 Å². The lowest BCUT2D eigenvalue weighted by molar-refractivity contribution is -0.122. The Balaban J connectivity index is 1.56. The number of rotatable bonds is 4. The summed E-state index contributed by atoms with van der Waals surface area (Å²) < 4.78 is 5.36. The van der Waals surface area contributed by atoms with Crippen molar-refractivity contribution in [3.8, 4) is 11.4 Å². The van der Waals surface area contributed by atoms with Crippen molar-refractivity contribution in [1.82, 2.24) is 20.4 Å². The fourth-order valence-corrected chi connectivity index (χ4v) is 2.75. The summed E-state index contributed by atoms with van der Waals surface area (Å²) in [5.74, 6) is 1.35. The third-order valence-corrected chi connectivity index (χ3v) is 4.22. The molecule has 7 nitrogen and oxygen atoms in total. The van der Waals surface area contributed by atoms with Gasteiger partial charge in [0.05, 0.1) is 0 Å². The zero-order valence-electron chi connectivity index (χ0n) is 12.8. The van der Waals surface area contributed by atoms with Crippen molar-refractivity contribution in [3.05, 3.63) is 24.2 Å². The minimum atomic E-state index is -0.343. The number of anilines is 1. The summed E-state index contributed by atoms with van der Waals surface area (Å²) in [6.45, 7) is 0.719. The Bertz CT molecular complexity index is 710. The predicted molar refractivity (Wildman–Crippen MR) is 83.8 cm³/mol. The maximum Gasteiger partial charge on any atom is 0.239 e. The normalized spacial score (nSPS) is 21.6. The number of nitrogens with one attached hydrogen (secondary N) is 2. The molecule has 4 rings (SSSR count). The van der Waals surface area contributed by atoms with Crippen molar-refractivity contribution in [2.75, 3.05) is 11.9 Å². The number of nitrogens with zero attached hydrogens (tertiary/aromatic N) is 3. The highest BCUT2D eigenvalue weighted by Crippen LogP contribution is 2.28. The Labute approximate surface area is 133 Å². The molecule has 2 aromatic rings. The van der Waals surface area contributed by atoms with E-state index in [1.54, 1.807) is 6.20 Å². The minimum absolute atomic E-state index is 0.0245. The van der Waals surface area contributed by atoms with Crippen LogP contribution in [0.3, 0.4) is 0 Å². The van der Waals surface area contributed by atoms with Crippen molar-refractivity contribution in [1.29, 1.82) is 0 Å². The van der Waals surface area contributed by atoms with Gasteiger partial charge in [0.25, 0.3) is 0 Å². The molecule has 3 heterocycles. The van der Waals surface area contributed by atoms with Gasteiger partial charge in [0.15, 0.2) is 0 Å². The van der Waals surface area contributed by atoms with Gasteiger partial charge in [-0.1, -0.05) is 11.6 Å². The van der Waals surface area contributed by atoms with Crippen LogP contribution in [-0.4, -0.2) is 33.6 Å². The SMILES string of the molecule is O=C1NCCCCC1c1nc(-c2ccnc(NC3CC3)c2)no1.